The van der Waals surface area contributed by atoms with Crippen LogP contribution in [0.5, 0.6) is 0 Å². The molecule has 3 unspecified atom stereocenters. The maximum atomic E-state index is 14.5. The normalized spacial score (nSPS) is 31.6. The number of likely N-dealkylation sites (tertiary alicyclic amines) is 1. The SMILES string of the molecule is C=CCOC(=O)[C@@H]1[C@H]2C(=O)N([C@H](CO)c3ccccc3)C(C(=O)N(CC=C)CCCCC)C23CC(C)[C@@]1(C)O3. The Labute approximate surface area is 231 Å². The maximum Gasteiger partial charge on any atom is 0.313 e. The lowest BCUT2D eigenvalue weighted by Crippen LogP contribution is -2.57. The molecule has 0 saturated carbocycles. The highest BCUT2D eigenvalue weighted by Crippen LogP contribution is 2.66. The van der Waals surface area contributed by atoms with E-state index in [4.69, 9.17) is 9.47 Å². The third-order valence-corrected chi connectivity index (χ3v) is 8.97. The Kier molecular flexibility index (Phi) is 8.66. The smallest absolute Gasteiger partial charge is 0.313 e. The van der Waals surface area contributed by atoms with Crippen LogP contribution in [0.1, 0.15) is 58.1 Å². The fourth-order valence-electron chi connectivity index (χ4n) is 7.08. The van der Waals surface area contributed by atoms with Crippen LogP contribution in [0.3, 0.4) is 0 Å². The van der Waals surface area contributed by atoms with Crippen molar-refractivity contribution in [2.24, 2.45) is 17.8 Å². The number of amides is 2. The van der Waals surface area contributed by atoms with Crippen LogP contribution in [0.15, 0.2) is 55.6 Å². The molecule has 0 aliphatic carbocycles. The Balaban J connectivity index is 1.85. The van der Waals surface area contributed by atoms with Gasteiger partial charge in [-0.3, -0.25) is 14.4 Å². The van der Waals surface area contributed by atoms with Crippen LogP contribution in [-0.4, -0.2) is 76.2 Å². The van der Waals surface area contributed by atoms with Gasteiger partial charge in [0.2, 0.25) is 11.8 Å². The summed E-state index contributed by atoms with van der Waals surface area (Å²) in [6.07, 6.45) is 6.41. The first-order valence-corrected chi connectivity index (χ1v) is 14.1. The van der Waals surface area contributed by atoms with Gasteiger partial charge in [0.1, 0.15) is 24.2 Å². The van der Waals surface area contributed by atoms with E-state index in [1.807, 2.05) is 44.2 Å². The molecular formula is C31H42N2O6. The van der Waals surface area contributed by atoms with Crippen molar-refractivity contribution in [3.05, 3.63) is 61.2 Å². The van der Waals surface area contributed by atoms with Gasteiger partial charge in [-0.05, 0) is 31.2 Å². The number of aliphatic hydroxyl groups excluding tert-OH is 1. The summed E-state index contributed by atoms with van der Waals surface area (Å²) in [5.41, 5.74) is -1.47. The van der Waals surface area contributed by atoms with E-state index in [2.05, 4.69) is 20.1 Å². The van der Waals surface area contributed by atoms with E-state index in [0.29, 0.717) is 25.1 Å². The molecule has 0 aromatic heterocycles. The zero-order valence-corrected chi connectivity index (χ0v) is 23.4. The number of hydrogen-bond acceptors (Lipinski definition) is 6. The van der Waals surface area contributed by atoms with Crippen molar-refractivity contribution < 1.29 is 29.0 Å². The summed E-state index contributed by atoms with van der Waals surface area (Å²) < 4.78 is 12.3. The Morgan fingerprint density at radius 1 is 1.26 bits per heavy atom. The molecule has 2 bridgehead atoms. The Morgan fingerprint density at radius 3 is 2.59 bits per heavy atom. The molecule has 1 aromatic rings. The average molecular weight is 539 g/mol. The molecule has 0 radical (unpaired) electrons. The number of ether oxygens (including phenoxy) is 2. The lowest BCUT2D eigenvalue weighted by molar-refractivity contribution is -0.163. The monoisotopic (exact) mass is 538 g/mol. The number of hydrogen-bond donors (Lipinski definition) is 1. The molecule has 1 N–H and O–H groups in total. The molecule has 1 aromatic carbocycles. The van der Waals surface area contributed by atoms with E-state index < -0.39 is 41.1 Å². The zero-order chi connectivity index (χ0) is 28.4. The molecule has 39 heavy (non-hydrogen) atoms. The van der Waals surface area contributed by atoms with E-state index in [-0.39, 0.29) is 30.9 Å². The van der Waals surface area contributed by atoms with Gasteiger partial charge in [-0.1, -0.05) is 75.8 Å². The molecule has 2 amide bonds. The van der Waals surface area contributed by atoms with Crippen molar-refractivity contribution in [1.82, 2.24) is 9.80 Å². The number of fused-ring (bicyclic) bond motifs is 1. The first-order chi connectivity index (χ1) is 18.7. The van der Waals surface area contributed by atoms with Crippen LogP contribution in [0, 0.1) is 17.8 Å². The number of rotatable bonds is 13. The predicted octanol–water partition coefficient (Wildman–Crippen LogP) is 3.66. The lowest BCUT2D eigenvalue weighted by atomic mass is 9.62. The van der Waals surface area contributed by atoms with Crippen molar-refractivity contribution in [2.75, 3.05) is 26.3 Å². The van der Waals surface area contributed by atoms with E-state index >= 15 is 0 Å². The number of unbranched alkanes of at least 4 members (excludes halogenated alkanes) is 2. The molecule has 7 atom stereocenters. The van der Waals surface area contributed by atoms with E-state index in [1.54, 1.807) is 11.0 Å². The van der Waals surface area contributed by atoms with Gasteiger partial charge >= 0.3 is 5.97 Å². The number of aliphatic hydroxyl groups is 1. The van der Waals surface area contributed by atoms with Gasteiger partial charge in [0.05, 0.1) is 24.2 Å². The zero-order valence-electron chi connectivity index (χ0n) is 23.4. The first-order valence-electron chi connectivity index (χ1n) is 14.1. The van der Waals surface area contributed by atoms with Crippen molar-refractivity contribution in [2.45, 2.75) is 69.7 Å². The predicted molar refractivity (Wildman–Crippen MR) is 147 cm³/mol. The quantitative estimate of drug-likeness (QED) is 0.234. The van der Waals surface area contributed by atoms with E-state index in [9.17, 15) is 19.5 Å². The Morgan fingerprint density at radius 2 is 1.97 bits per heavy atom. The van der Waals surface area contributed by atoms with Crippen LogP contribution in [0.4, 0.5) is 0 Å². The molecule has 4 rings (SSSR count). The minimum absolute atomic E-state index is 0.0214. The number of benzene rings is 1. The molecular weight excluding hydrogens is 496 g/mol. The molecule has 8 nitrogen and oxygen atoms in total. The fraction of sp³-hybridized carbons (Fsp3) is 0.581. The second-order valence-electron chi connectivity index (χ2n) is 11.3. The molecule has 3 heterocycles. The maximum absolute atomic E-state index is 14.5. The second kappa shape index (κ2) is 11.6. The van der Waals surface area contributed by atoms with Crippen LogP contribution >= 0.6 is 0 Å². The standard InChI is InChI=1S/C31H42N2O6/c1-6-9-13-17-32(16-7-2)28(36)26-31-19-21(4)30(5,39-31)25(29(37)38-18-8-3)24(31)27(35)33(26)23(20-34)22-14-11-10-12-15-22/h7-8,10-12,14-15,21,23-26,34H,2-3,6,9,13,16-20H2,1,4-5H3/t21?,23-,24+,25+,26?,30-,31?/m1/s1. The summed E-state index contributed by atoms with van der Waals surface area (Å²) in [5, 5.41) is 10.6. The summed E-state index contributed by atoms with van der Waals surface area (Å²) in [5.74, 6) is -3.01. The minimum Gasteiger partial charge on any atom is -0.461 e. The van der Waals surface area contributed by atoms with Crippen LogP contribution in [-0.2, 0) is 23.9 Å². The van der Waals surface area contributed by atoms with Crippen LogP contribution in [0.2, 0.25) is 0 Å². The van der Waals surface area contributed by atoms with Crippen molar-refractivity contribution in [3.63, 3.8) is 0 Å². The minimum atomic E-state index is -1.22. The Hall–Kier alpha value is -2.97. The van der Waals surface area contributed by atoms with Crippen molar-refractivity contribution >= 4 is 17.8 Å². The summed E-state index contributed by atoms with van der Waals surface area (Å²) in [4.78, 5) is 45.7. The highest BCUT2D eigenvalue weighted by Gasteiger charge is 2.80. The van der Waals surface area contributed by atoms with Gasteiger partial charge in [0, 0.05) is 13.1 Å². The highest BCUT2D eigenvalue weighted by atomic mass is 16.6. The van der Waals surface area contributed by atoms with Gasteiger partial charge < -0.3 is 24.4 Å². The van der Waals surface area contributed by atoms with E-state index in [0.717, 1.165) is 19.3 Å². The van der Waals surface area contributed by atoms with Gasteiger partial charge in [-0.15, -0.1) is 6.58 Å². The number of esters is 1. The summed E-state index contributed by atoms with van der Waals surface area (Å²) in [6, 6.07) is 7.43. The number of carbonyl (C=O) groups excluding carboxylic acids is 3. The summed E-state index contributed by atoms with van der Waals surface area (Å²) >= 11 is 0. The van der Waals surface area contributed by atoms with E-state index in [1.165, 1.54) is 11.0 Å². The first kappa shape index (κ1) is 29.0. The molecule has 1 spiro atoms. The number of nitrogens with zero attached hydrogens (tertiary/aromatic N) is 2. The third-order valence-electron chi connectivity index (χ3n) is 8.97. The average Bonchev–Trinajstić information content (AvgIpc) is 3.44. The second-order valence-corrected chi connectivity index (χ2v) is 11.3. The van der Waals surface area contributed by atoms with Crippen molar-refractivity contribution in [1.29, 1.82) is 0 Å². The molecule has 3 aliphatic rings. The van der Waals surface area contributed by atoms with Gasteiger partial charge in [-0.2, -0.15) is 0 Å². The lowest BCUT2D eigenvalue weighted by Gasteiger charge is -2.39. The van der Waals surface area contributed by atoms with Gasteiger partial charge in [0.15, 0.2) is 0 Å². The largest absolute Gasteiger partial charge is 0.461 e. The molecule has 212 valence electrons. The van der Waals surface area contributed by atoms with Gasteiger partial charge in [-0.25, -0.2) is 0 Å². The molecule has 3 saturated heterocycles. The Bertz CT molecular complexity index is 1090. The van der Waals surface area contributed by atoms with Crippen LogP contribution < -0.4 is 0 Å². The third kappa shape index (κ3) is 4.72. The van der Waals surface area contributed by atoms with Crippen LogP contribution in [0.25, 0.3) is 0 Å². The highest BCUT2D eigenvalue weighted by molar-refractivity contribution is 5.99. The summed E-state index contributed by atoms with van der Waals surface area (Å²) in [7, 11) is 0. The fourth-order valence-corrected chi connectivity index (χ4v) is 7.08. The molecule has 3 aliphatic heterocycles. The molecule has 8 heteroatoms. The van der Waals surface area contributed by atoms with Crippen molar-refractivity contribution in [3.8, 4) is 0 Å². The molecule has 3 fully saturated rings. The topological polar surface area (TPSA) is 96.4 Å². The summed E-state index contributed by atoms with van der Waals surface area (Å²) in [6.45, 7) is 13.9. The van der Waals surface area contributed by atoms with Gasteiger partial charge in [0.25, 0.3) is 0 Å². The number of carbonyl (C=O) groups is 3.